The predicted octanol–water partition coefficient (Wildman–Crippen LogP) is 3.03. The second kappa shape index (κ2) is 5.78. The van der Waals surface area contributed by atoms with Crippen molar-refractivity contribution in [3.63, 3.8) is 0 Å². The van der Waals surface area contributed by atoms with Gasteiger partial charge in [0.25, 0.3) is 5.91 Å². The van der Waals surface area contributed by atoms with Crippen LogP contribution >= 0.6 is 24.0 Å². The van der Waals surface area contributed by atoms with Gasteiger partial charge in [-0.3, -0.25) is 9.69 Å². The van der Waals surface area contributed by atoms with Crippen LogP contribution in [0.5, 0.6) is 0 Å². The van der Waals surface area contributed by atoms with Gasteiger partial charge < -0.3 is 9.80 Å². The number of anilines is 1. The Morgan fingerprint density at radius 3 is 2.55 bits per heavy atom. The van der Waals surface area contributed by atoms with Gasteiger partial charge in [0.05, 0.1) is 10.7 Å². The van der Waals surface area contributed by atoms with E-state index >= 15 is 0 Å². The molecule has 3 rings (SSSR count). The van der Waals surface area contributed by atoms with Crippen LogP contribution in [0.25, 0.3) is 0 Å². The van der Waals surface area contributed by atoms with E-state index < -0.39 is 0 Å². The lowest BCUT2D eigenvalue weighted by Crippen LogP contribution is -2.26. The summed E-state index contributed by atoms with van der Waals surface area (Å²) in [6.07, 6.45) is 3.86. The van der Waals surface area contributed by atoms with Crippen LogP contribution in [0.3, 0.4) is 0 Å². The molecule has 0 N–H and O–H groups in total. The van der Waals surface area contributed by atoms with Gasteiger partial charge in [0.1, 0.15) is 5.70 Å². The lowest BCUT2D eigenvalue weighted by Gasteiger charge is -2.17. The maximum atomic E-state index is 12.2. The number of allylic oxidation sites excluding steroid dienone is 2. The normalized spacial score (nSPS) is 21.5. The smallest absolute Gasteiger partial charge is 0.276 e. The van der Waals surface area contributed by atoms with Crippen molar-refractivity contribution >= 4 is 40.7 Å². The van der Waals surface area contributed by atoms with Crippen molar-refractivity contribution in [2.24, 2.45) is 0 Å². The summed E-state index contributed by atoms with van der Waals surface area (Å²) in [7, 11) is 3.52. The van der Waals surface area contributed by atoms with E-state index in [1.807, 2.05) is 31.3 Å². The Labute approximate surface area is 140 Å². The number of benzene rings is 1. The minimum atomic E-state index is -0.0621. The average molecular weight is 331 g/mol. The fraction of sp³-hybridized carbons (Fsp3) is 0.250. The molecular formula is C16H17N3OS2. The molecule has 22 heavy (non-hydrogen) atoms. The molecule has 2 aliphatic heterocycles. The zero-order valence-electron chi connectivity index (χ0n) is 12.7. The van der Waals surface area contributed by atoms with E-state index in [-0.39, 0.29) is 5.91 Å². The fourth-order valence-corrected chi connectivity index (χ4v) is 3.88. The number of thiocarbonyl (C=S) groups is 1. The summed E-state index contributed by atoms with van der Waals surface area (Å²) in [5.41, 5.74) is 1.83. The Morgan fingerprint density at radius 1 is 1.18 bits per heavy atom. The molecule has 0 bridgehead atoms. The first-order valence-corrected chi connectivity index (χ1v) is 8.29. The van der Waals surface area contributed by atoms with E-state index in [4.69, 9.17) is 12.2 Å². The van der Waals surface area contributed by atoms with Crippen LogP contribution in [0.4, 0.5) is 5.69 Å². The molecule has 1 aromatic rings. The third-order valence-corrected chi connectivity index (χ3v) is 5.47. The van der Waals surface area contributed by atoms with Crippen LogP contribution in [0.1, 0.15) is 6.92 Å². The highest BCUT2D eigenvalue weighted by atomic mass is 32.2. The van der Waals surface area contributed by atoms with Gasteiger partial charge in [-0.1, -0.05) is 23.9 Å². The van der Waals surface area contributed by atoms with E-state index in [2.05, 4.69) is 24.0 Å². The van der Waals surface area contributed by atoms with Crippen molar-refractivity contribution in [2.75, 3.05) is 25.5 Å². The van der Waals surface area contributed by atoms with Gasteiger partial charge in [-0.05, 0) is 43.4 Å². The molecule has 1 saturated heterocycles. The molecule has 1 amide bonds. The Morgan fingerprint density at radius 2 is 1.91 bits per heavy atom. The van der Waals surface area contributed by atoms with Gasteiger partial charge in [-0.15, -0.1) is 0 Å². The van der Waals surface area contributed by atoms with Crippen molar-refractivity contribution in [1.82, 2.24) is 9.80 Å². The summed E-state index contributed by atoms with van der Waals surface area (Å²) >= 11 is 6.95. The minimum absolute atomic E-state index is 0.0621. The zero-order valence-corrected chi connectivity index (χ0v) is 14.4. The average Bonchev–Trinajstić information content (AvgIpc) is 2.97. The molecule has 0 atom stereocenters. The van der Waals surface area contributed by atoms with E-state index in [9.17, 15) is 4.79 Å². The first-order chi connectivity index (χ1) is 10.5. The molecule has 1 fully saturated rings. The number of thioether (sulfide) groups is 1. The van der Waals surface area contributed by atoms with Crippen molar-refractivity contribution in [1.29, 1.82) is 0 Å². The summed E-state index contributed by atoms with van der Waals surface area (Å²) in [6, 6.07) is 8.33. The molecule has 0 spiro atoms. The molecule has 6 heteroatoms. The van der Waals surface area contributed by atoms with Crippen molar-refractivity contribution in [3.8, 4) is 0 Å². The van der Waals surface area contributed by atoms with Crippen LogP contribution in [0.2, 0.25) is 0 Å². The van der Waals surface area contributed by atoms with E-state index in [0.717, 1.165) is 11.6 Å². The van der Waals surface area contributed by atoms with Gasteiger partial charge in [-0.2, -0.15) is 0 Å². The summed E-state index contributed by atoms with van der Waals surface area (Å²) in [4.78, 5) is 18.9. The number of para-hydroxylation sites is 1. The van der Waals surface area contributed by atoms with Gasteiger partial charge >= 0.3 is 0 Å². The maximum absolute atomic E-state index is 12.2. The number of rotatable bonds is 2. The van der Waals surface area contributed by atoms with E-state index in [1.165, 1.54) is 15.5 Å². The lowest BCUT2D eigenvalue weighted by molar-refractivity contribution is -0.121. The summed E-state index contributed by atoms with van der Waals surface area (Å²) < 4.78 is 0. The molecule has 0 aromatic heterocycles. The molecule has 0 aliphatic carbocycles. The second-order valence-corrected chi connectivity index (χ2v) is 6.50. The number of amides is 1. The molecule has 0 radical (unpaired) electrons. The highest BCUT2D eigenvalue weighted by Gasteiger charge is 2.32. The van der Waals surface area contributed by atoms with Crippen molar-refractivity contribution < 1.29 is 4.79 Å². The number of fused-ring (bicyclic) bond motifs is 1. The first kappa shape index (κ1) is 15.1. The number of nitrogens with zero attached hydrogens (tertiary/aromatic N) is 3. The molecule has 2 aliphatic rings. The molecule has 0 unspecified atom stereocenters. The van der Waals surface area contributed by atoms with Crippen LogP contribution in [0, 0.1) is 0 Å². The third kappa shape index (κ3) is 2.32. The molecule has 114 valence electrons. The number of hydrogen-bond donors (Lipinski definition) is 0. The second-order valence-electron chi connectivity index (χ2n) is 5.08. The Kier molecular flexibility index (Phi) is 3.97. The summed E-state index contributed by atoms with van der Waals surface area (Å²) in [5.74, 6) is -0.0621. The Balaban J connectivity index is 1.93. The zero-order chi connectivity index (χ0) is 15.9. The van der Waals surface area contributed by atoms with Gasteiger partial charge in [0.15, 0.2) is 5.11 Å². The van der Waals surface area contributed by atoms with Gasteiger partial charge in [0, 0.05) is 25.5 Å². The number of hydrogen-bond acceptors (Lipinski definition) is 4. The molecule has 4 nitrogen and oxygen atoms in total. The van der Waals surface area contributed by atoms with Crippen molar-refractivity contribution in [2.45, 2.75) is 11.8 Å². The minimum Gasteiger partial charge on any atom is -0.335 e. The van der Waals surface area contributed by atoms with Crippen LogP contribution in [-0.2, 0) is 4.79 Å². The maximum Gasteiger partial charge on any atom is 0.276 e. The van der Waals surface area contributed by atoms with Crippen LogP contribution < -0.4 is 4.90 Å². The van der Waals surface area contributed by atoms with Crippen molar-refractivity contribution in [3.05, 3.63) is 47.1 Å². The van der Waals surface area contributed by atoms with E-state index in [0.29, 0.717) is 10.8 Å². The number of carbonyl (C=O) groups excluding carboxylic acids is 1. The topological polar surface area (TPSA) is 26.8 Å². The SMILES string of the molecule is CCN1/C(=C/C=C2/C(=O)N(C)C(=S)N2C)Sc2ccccc21. The standard InChI is InChI=1S/C16H17N3OS2/c1-4-19-11-7-5-6-8-13(11)22-14(19)10-9-12-15(20)18(3)16(21)17(12)2/h5-10H,4H2,1-3H3/b12-9-,14-10-. The third-order valence-electron chi connectivity index (χ3n) is 3.80. The Hall–Kier alpha value is -1.79. The van der Waals surface area contributed by atoms with Crippen LogP contribution in [-0.4, -0.2) is 41.5 Å². The molecule has 2 heterocycles. The quantitative estimate of drug-likeness (QED) is 0.613. The van der Waals surface area contributed by atoms with Gasteiger partial charge in [-0.25, -0.2) is 0 Å². The largest absolute Gasteiger partial charge is 0.335 e. The fourth-order valence-electron chi connectivity index (χ4n) is 2.57. The van der Waals surface area contributed by atoms with Crippen LogP contribution in [0.15, 0.2) is 52.0 Å². The Bertz CT molecular complexity index is 711. The summed E-state index contributed by atoms with van der Waals surface area (Å²) in [5, 5.41) is 1.65. The first-order valence-electron chi connectivity index (χ1n) is 7.06. The molecule has 1 aromatic carbocycles. The van der Waals surface area contributed by atoms with Gasteiger partial charge in [0.2, 0.25) is 0 Å². The predicted molar refractivity (Wildman–Crippen MR) is 94.6 cm³/mol. The number of likely N-dealkylation sites (N-methyl/N-ethyl adjacent to an activating group) is 2. The number of carbonyl (C=O) groups is 1. The monoisotopic (exact) mass is 331 g/mol. The highest BCUT2D eigenvalue weighted by molar-refractivity contribution is 8.03. The highest BCUT2D eigenvalue weighted by Crippen LogP contribution is 2.45. The molecule has 0 saturated carbocycles. The van der Waals surface area contributed by atoms with E-state index in [1.54, 1.807) is 23.7 Å². The summed E-state index contributed by atoms with van der Waals surface area (Å²) in [6.45, 7) is 3.01. The lowest BCUT2D eigenvalue weighted by atomic mass is 10.3. The molecular weight excluding hydrogens is 314 g/mol.